The van der Waals surface area contributed by atoms with Crippen LogP contribution in [0.15, 0.2) is 30.3 Å². The number of carboxylic acids is 1. The van der Waals surface area contributed by atoms with Crippen molar-refractivity contribution in [2.24, 2.45) is 5.92 Å². The molecule has 0 aliphatic heterocycles. The van der Waals surface area contributed by atoms with E-state index in [1.165, 1.54) is 5.56 Å². The van der Waals surface area contributed by atoms with Crippen molar-refractivity contribution in [2.75, 3.05) is 0 Å². The summed E-state index contributed by atoms with van der Waals surface area (Å²) in [6.07, 6.45) is 0.840. The molecule has 0 bridgehead atoms. The summed E-state index contributed by atoms with van der Waals surface area (Å²) in [6.45, 7) is 3.63. The Morgan fingerprint density at radius 1 is 1.33 bits per heavy atom. The molecule has 1 saturated carbocycles. The molecule has 1 aromatic rings. The number of benzene rings is 1. The highest BCUT2D eigenvalue weighted by molar-refractivity contribution is 7.87. The molecule has 1 aliphatic carbocycles. The molecule has 0 spiro atoms. The highest BCUT2D eigenvalue weighted by Gasteiger charge is 2.47. The summed E-state index contributed by atoms with van der Waals surface area (Å²) in [7, 11) is -1.29. The van der Waals surface area contributed by atoms with Crippen LogP contribution in [0.5, 0.6) is 0 Å². The molecule has 0 radical (unpaired) electrons. The zero-order valence-corrected chi connectivity index (χ0v) is 11.4. The van der Waals surface area contributed by atoms with Crippen LogP contribution in [0.1, 0.15) is 31.7 Å². The number of carbonyl (C=O) groups is 1. The van der Waals surface area contributed by atoms with Gasteiger partial charge in [-0.15, -0.1) is 0 Å². The molecule has 1 aliphatic rings. The van der Waals surface area contributed by atoms with Gasteiger partial charge >= 0.3 is 5.97 Å². The molecule has 1 N–H and O–H groups in total. The third kappa shape index (κ3) is 2.64. The topological polar surface area (TPSA) is 54.4 Å². The molecule has 4 atom stereocenters. The Bertz CT molecular complexity index is 455. The van der Waals surface area contributed by atoms with Gasteiger partial charge < -0.3 is 5.11 Å². The van der Waals surface area contributed by atoms with Crippen LogP contribution in [-0.4, -0.2) is 25.8 Å². The van der Waals surface area contributed by atoms with Gasteiger partial charge in [-0.1, -0.05) is 44.2 Å². The van der Waals surface area contributed by atoms with E-state index in [2.05, 4.69) is 0 Å². The molecule has 0 heterocycles. The maximum atomic E-state index is 12.3. The lowest BCUT2D eigenvalue weighted by Gasteiger charge is -2.15. The van der Waals surface area contributed by atoms with E-state index < -0.39 is 22.0 Å². The molecule has 0 amide bonds. The fourth-order valence-electron chi connectivity index (χ4n) is 2.32. The maximum Gasteiger partial charge on any atom is 0.319 e. The van der Waals surface area contributed by atoms with Crippen LogP contribution in [0.2, 0.25) is 0 Å². The van der Waals surface area contributed by atoms with Gasteiger partial charge in [-0.05, 0) is 23.8 Å². The lowest BCUT2D eigenvalue weighted by molar-refractivity contribution is -0.137. The zero-order chi connectivity index (χ0) is 13.3. The van der Waals surface area contributed by atoms with Gasteiger partial charge in [0.05, 0.1) is 0 Å². The molecule has 18 heavy (non-hydrogen) atoms. The van der Waals surface area contributed by atoms with Crippen molar-refractivity contribution in [2.45, 2.75) is 36.7 Å². The standard InChI is InChI=1S/C14H18O3S/c1-9(2)13(14(15)16)18(17)12-8-11(12)10-6-4-3-5-7-10/h3-7,9,11-13H,8H2,1-2H3,(H,15,16). The van der Waals surface area contributed by atoms with E-state index in [1.54, 1.807) is 0 Å². The van der Waals surface area contributed by atoms with Gasteiger partial charge in [0.15, 0.2) is 0 Å². The monoisotopic (exact) mass is 266 g/mol. The van der Waals surface area contributed by atoms with Crippen LogP contribution in [0.4, 0.5) is 0 Å². The Morgan fingerprint density at radius 3 is 2.44 bits per heavy atom. The predicted molar refractivity (Wildman–Crippen MR) is 72.0 cm³/mol. The molecule has 4 heteroatoms. The third-order valence-corrected chi connectivity index (χ3v) is 5.72. The van der Waals surface area contributed by atoms with Gasteiger partial charge in [0.1, 0.15) is 5.25 Å². The van der Waals surface area contributed by atoms with Crippen LogP contribution >= 0.6 is 0 Å². The average Bonchev–Trinajstić information content (AvgIpc) is 3.09. The van der Waals surface area contributed by atoms with Crippen LogP contribution < -0.4 is 0 Å². The first-order chi connectivity index (χ1) is 8.52. The molecular weight excluding hydrogens is 248 g/mol. The van der Waals surface area contributed by atoms with Crippen molar-refractivity contribution in [3.63, 3.8) is 0 Å². The summed E-state index contributed by atoms with van der Waals surface area (Å²) in [4.78, 5) is 11.2. The second-order valence-corrected chi connectivity index (χ2v) is 6.89. The molecular formula is C14H18O3S. The van der Waals surface area contributed by atoms with Crippen LogP contribution in [-0.2, 0) is 15.6 Å². The predicted octanol–water partition coefficient (Wildman–Crippen LogP) is 2.40. The summed E-state index contributed by atoms with van der Waals surface area (Å²) in [6, 6.07) is 9.92. The summed E-state index contributed by atoms with van der Waals surface area (Å²) in [5, 5.41) is 8.42. The van der Waals surface area contributed by atoms with Crippen LogP contribution in [0, 0.1) is 5.92 Å². The number of aliphatic carboxylic acids is 1. The highest BCUT2D eigenvalue weighted by atomic mass is 32.2. The molecule has 1 fully saturated rings. The summed E-state index contributed by atoms with van der Waals surface area (Å²) < 4.78 is 12.3. The second-order valence-electron chi connectivity index (χ2n) is 5.12. The van der Waals surface area contributed by atoms with Gasteiger partial charge in [-0.2, -0.15) is 0 Å². The first kappa shape index (κ1) is 13.3. The van der Waals surface area contributed by atoms with E-state index >= 15 is 0 Å². The van der Waals surface area contributed by atoms with E-state index in [-0.39, 0.29) is 17.1 Å². The lowest BCUT2D eigenvalue weighted by Crippen LogP contribution is -2.33. The normalized spacial score (nSPS) is 25.7. The number of hydrogen-bond acceptors (Lipinski definition) is 2. The smallest absolute Gasteiger partial charge is 0.319 e. The van der Waals surface area contributed by atoms with Crippen molar-refractivity contribution in [3.05, 3.63) is 35.9 Å². The summed E-state index contributed by atoms with van der Waals surface area (Å²) >= 11 is 0. The van der Waals surface area contributed by atoms with Gasteiger partial charge in [-0.25, -0.2) is 0 Å². The van der Waals surface area contributed by atoms with E-state index in [1.807, 2.05) is 44.2 Å². The van der Waals surface area contributed by atoms with Crippen molar-refractivity contribution in [1.29, 1.82) is 0 Å². The van der Waals surface area contributed by atoms with Gasteiger partial charge in [0.2, 0.25) is 0 Å². The SMILES string of the molecule is CC(C)C(C(=O)O)S(=O)C1CC1c1ccccc1. The summed E-state index contributed by atoms with van der Waals surface area (Å²) in [5.74, 6) is -0.768. The first-order valence-corrected chi connectivity index (χ1v) is 7.47. The third-order valence-electron chi connectivity index (χ3n) is 3.36. The van der Waals surface area contributed by atoms with Crippen LogP contribution in [0.25, 0.3) is 0 Å². The molecule has 3 nitrogen and oxygen atoms in total. The Balaban J connectivity index is 2.07. The largest absolute Gasteiger partial charge is 0.480 e. The molecule has 0 aromatic heterocycles. The minimum atomic E-state index is -1.29. The maximum absolute atomic E-state index is 12.3. The number of hydrogen-bond donors (Lipinski definition) is 1. The summed E-state index contributed by atoms with van der Waals surface area (Å²) in [5.41, 5.74) is 1.17. The minimum Gasteiger partial charge on any atom is -0.480 e. The Morgan fingerprint density at radius 2 is 1.94 bits per heavy atom. The first-order valence-electron chi connectivity index (χ1n) is 6.19. The van der Waals surface area contributed by atoms with Crippen molar-refractivity contribution in [3.8, 4) is 0 Å². The van der Waals surface area contributed by atoms with Gasteiger partial charge in [0.25, 0.3) is 0 Å². The Labute approximate surface area is 110 Å². The molecule has 2 rings (SSSR count). The van der Waals surface area contributed by atoms with E-state index in [9.17, 15) is 9.00 Å². The van der Waals surface area contributed by atoms with Crippen molar-refractivity contribution < 1.29 is 14.1 Å². The minimum absolute atomic E-state index is 0.0101. The average molecular weight is 266 g/mol. The Hall–Kier alpha value is -1.16. The molecule has 1 aromatic carbocycles. The highest BCUT2D eigenvalue weighted by Crippen LogP contribution is 2.46. The van der Waals surface area contributed by atoms with Crippen LogP contribution in [0.3, 0.4) is 0 Å². The number of rotatable bonds is 5. The van der Waals surface area contributed by atoms with Crippen molar-refractivity contribution >= 4 is 16.8 Å². The van der Waals surface area contributed by atoms with Crippen molar-refractivity contribution in [1.82, 2.24) is 0 Å². The Kier molecular flexibility index (Phi) is 3.85. The van der Waals surface area contributed by atoms with E-state index in [0.717, 1.165) is 6.42 Å². The van der Waals surface area contributed by atoms with E-state index in [0.29, 0.717) is 0 Å². The lowest BCUT2D eigenvalue weighted by atomic mass is 10.1. The van der Waals surface area contributed by atoms with E-state index in [4.69, 9.17) is 5.11 Å². The quantitative estimate of drug-likeness (QED) is 0.890. The fourth-order valence-corrected chi connectivity index (χ4v) is 4.31. The molecule has 4 unspecified atom stereocenters. The van der Waals surface area contributed by atoms with Gasteiger partial charge in [0, 0.05) is 16.0 Å². The van der Waals surface area contributed by atoms with Gasteiger partial charge in [-0.3, -0.25) is 9.00 Å². The second kappa shape index (κ2) is 5.22. The fraction of sp³-hybridized carbons (Fsp3) is 0.500. The zero-order valence-electron chi connectivity index (χ0n) is 10.6. The molecule has 98 valence electrons. The number of carboxylic acid groups (broad SMARTS) is 1. The molecule has 0 saturated heterocycles.